The lowest BCUT2D eigenvalue weighted by Crippen LogP contribution is -2.40. The number of nitrogens with one attached hydrogen (secondary N) is 3. The molecule has 0 unspecified atom stereocenters. The number of hydrogen-bond donors (Lipinski definition) is 3. The molecule has 0 amide bonds. The smallest absolute Gasteiger partial charge is 0.191 e. The van der Waals surface area contributed by atoms with E-state index in [4.69, 9.17) is 0 Å². The number of aliphatic imine (C=N–C) groups is 1. The van der Waals surface area contributed by atoms with Crippen molar-refractivity contribution in [2.45, 2.75) is 11.3 Å². The van der Waals surface area contributed by atoms with Crippen LogP contribution in [0.15, 0.2) is 58.4 Å². The fraction of sp³-hybridized carbons (Fsp3) is 0.300. The van der Waals surface area contributed by atoms with Crippen LogP contribution in [0, 0.1) is 0 Å². The van der Waals surface area contributed by atoms with Crippen LogP contribution in [0.4, 0.5) is 5.13 Å². The monoisotopic (exact) mass is 559 g/mol. The van der Waals surface area contributed by atoms with Crippen molar-refractivity contribution < 1.29 is 8.42 Å². The Morgan fingerprint density at radius 2 is 1.73 bits per heavy atom. The zero-order valence-corrected chi connectivity index (χ0v) is 20.8. The van der Waals surface area contributed by atoms with Gasteiger partial charge in [-0.2, -0.15) is 0 Å². The molecular weight excluding hydrogens is 533 g/mol. The van der Waals surface area contributed by atoms with Gasteiger partial charge in [-0.05, 0) is 36.2 Å². The standard InChI is InChI=1S/C20H25N5O2S2.HI/c1-21-19(22-12-11-15-7-9-16(10-8-15)29(2,26)27)23-13-14-24-20-25-17-5-3-4-6-18(17)28-20;/h3-10H,11-14H2,1-2H3,(H,24,25)(H2,21,22,23);1H. The Balaban J connectivity index is 0.00000320. The molecule has 0 aliphatic rings. The summed E-state index contributed by atoms with van der Waals surface area (Å²) in [4.78, 5) is 9.11. The van der Waals surface area contributed by atoms with Crippen molar-refractivity contribution in [2.75, 3.05) is 38.3 Å². The van der Waals surface area contributed by atoms with Gasteiger partial charge in [0.05, 0.1) is 15.1 Å². The zero-order chi connectivity index (χ0) is 20.7. The number of benzene rings is 2. The van der Waals surface area contributed by atoms with Crippen LogP contribution in [0.2, 0.25) is 0 Å². The zero-order valence-electron chi connectivity index (χ0n) is 16.9. The molecule has 0 fully saturated rings. The van der Waals surface area contributed by atoms with Crippen LogP contribution in [0.1, 0.15) is 5.56 Å². The maximum atomic E-state index is 11.5. The van der Waals surface area contributed by atoms with Gasteiger partial charge >= 0.3 is 0 Å². The van der Waals surface area contributed by atoms with E-state index in [1.54, 1.807) is 30.5 Å². The largest absolute Gasteiger partial charge is 0.360 e. The van der Waals surface area contributed by atoms with Crippen molar-refractivity contribution in [3.63, 3.8) is 0 Å². The van der Waals surface area contributed by atoms with Gasteiger partial charge in [-0.15, -0.1) is 24.0 Å². The summed E-state index contributed by atoms with van der Waals surface area (Å²) in [5.74, 6) is 0.726. The Kier molecular flexibility index (Phi) is 9.31. The predicted octanol–water partition coefficient (Wildman–Crippen LogP) is 3.14. The molecule has 1 heterocycles. The molecule has 0 saturated carbocycles. The first-order valence-corrected chi connectivity index (χ1v) is 12.0. The van der Waals surface area contributed by atoms with Gasteiger partial charge < -0.3 is 16.0 Å². The number of para-hydroxylation sites is 1. The molecule has 1 aromatic heterocycles. The van der Waals surface area contributed by atoms with Gasteiger partial charge in [-0.3, -0.25) is 4.99 Å². The number of fused-ring (bicyclic) bond motifs is 1. The first-order chi connectivity index (χ1) is 14.0. The number of thiazole rings is 1. The molecule has 30 heavy (non-hydrogen) atoms. The maximum Gasteiger partial charge on any atom is 0.191 e. The average Bonchev–Trinajstić information content (AvgIpc) is 3.12. The topological polar surface area (TPSA) is 95.5 Å². The first kappa shape index (κ1) is 24.4. The molecule has 162 valence electrons. The summed E-state index contributed by atoms with van der Waals surface area (Å²) < 4.78 is 24.2. The third-order valence-electron chi connectivity index (χ3n) is 4.27. The minimum atomic E-state index is -3.15. The second-order valence-electron chi connectivity index (χ2n) is 6.51. The fourth-order valence-corrected chi connectivity index (χ4v) is 4.27. The van der Waals surface area contributed by atoms with Crippen LogP contribution < -0.4 is 16.0 Å². The number of anilines is 1. The molecule has 3 aromatic rings. The molecule has 2 aromatic carbocycles. The quantitative estimate of drug-likeness (QED) is 0.170. The van der Waals surface area contributed by atoms with Crippen molar-refractivity contribution >= 4 is 66.5 Å². The van der Waals surface area contributed by atoms with E-state index in [9.17, 15) is 8.42 Å². The lowest BCUT2D eigenvalue weighted by atomic mass is 10.1. The van der Waals surface area contributed by atoms with Gasteiger partial charge in [0.15, 0.2) is 20.9 Å². The predicted molar refractivity (Wildman–Crippen MR) is 136 cm³/mol. The third-order valence-corrected chi connectivity index (χ3v) is 6.39. The Morgan fingerprint density at radius 1 is 1.03 bits per heavy atom. The molecule has 3 N–H and O–H groups in total. The van der Waals surface area contributed by atoms with Gasteiger partial charge in [-0.1, -0.05) is 35.6 Å². The third kappa shape index (κ3) is 7.10. The summed E-state index contributed by atoms with van der Waals surface area (Å²) in [6.45, 7) is 2.13. The van der Waals surface area contributed by atoms with Crippen molar-refractivity contribution in [3.8, 4) is 0 Å². The fourth-order valence-electron chi connectivity index (χ4n) is 2.75. The van der Waals surface area contributed by atoms with Gasteiger partial charge in [-0.25, -0.2) is 13.4 Å². The molecular formula is C20H26IN5O2S2. The van der Waals surface area contributed by atoms with E-state index in [2.05, 4.69) is 32.0 Å². The Hall–Kier alpha value is -1.92. The first-order valence-electron chi connectivity index (χ1n) is 9.28. The number of halogens is 1. The van der Waals surface area contributed by atoms with Crippen molar-refractivity contribution in [2.24, 2.45) is 4.99 Å². The minimum absolute atomic E-state index is 0. The number of hydrogen-bond acceptors (Lipinski definition) is 6. The molecule has 0 radical (unpaired) electrons. The van der Waals surface area contributed by atoms with E-state index >= 15 is 0 Å². The number of nitrogens with zero attached hydrogens (tertiary/aromatic N) is 2. The molecule has 0 aliphatic carbocycles. The Morgan fingerprint density at radius 3 is 2.40 bits per heavy atom. The molecule has 3 rings (SSSR count). The highest BCUT2D eigenvalue weighted by Crippen LogP contribution is 2.24. The summed E-state index contributed by atoms with van der Waals surface area (Å²) in [7, 11) is -1.42. The van der Waals surface area contributed by atoms with Crippen molar-refractivity contribution in [3.05, 3.63) is 54.1 Å². The van der Waals surface area contributed by atoms with Crippen LogP contribution in [0.3, 0.4) is 0 Å². The highest BCUT2D eigenvalue weighted by Gasteiger charge is 2.06. The second kappa shape index (κ2) is 11.5. The molecule has 0 spiro atoms. The second-order valence-corrected chi connectivity index (χ2v) is 9.55. The van der Waals surface area contributed by atoms with Crippen LogP contribution in [-0.2, 0) is 16.3 Å². The molecule has 10 heteroatoms. The van der Waals surface area contributed by atoms with E-state index < -0.39 is 9.84 Å². The molecule has 7 nitrogen and oxygen atoms in total. The normalized spacial score (nSPS) is 11.7. The van der Waals surface area contributed by atoms with Crippen molar-refractivity contribution in [1.82, 2.24) is 15.6 Å². The highest BCUT2D eigenvalue weighted by atomic mass is 127. The van der Waals surface area contributed by atoms with Crippen LogP contribution in [0.25, 0.3) is 10.2 Å². The van der Waals surface area contributed by atoms with Crippen LogP contribution in [-0.4, -0.2) is 52.3 Å². The number of aromatic nitrogens is 1. The average molecular weight is 559 g/mol. The summed E-state index contributed by atoms with van der Waals surface area (Å²) in [6, 6.07) is 15.1. The van der Waals surface area contributed by atoms with E-state index in [0.29, 0.717) is 18.0 Å². The molecule has 0 atom stereocenters. The highest BCUT2D eigenvalue weighted by molar-refractivity contribution is 14.0. The summed E-state index contributed by atoms with van der Waals surface area (Å²) in [5, 5.41) is 10.8. The summed E-state index contributed by atoms with van der Waals surface area (Å²) in [6.07, 6.45) is 1.99. The van der Waals surface area contributed by atoms with Gasteiger partial charge in [0, 0.05) is 32.9 Å². The number of rotatable bonds is 8. The molecule has 0 saturated heterocycles. The van der Waals surface area contributed by atoms with E-state index in [1.807, 2.05) is 30.3 Å². The van der Waals surface area contributed by atoms with E-state index in [-0.39, 0.29) is 24.0 Å². The Bertz CT molecular complexity index is 1050. The van der Waals surface area contributed by atoms with Gasteiger partial charge in [0.25, 0.3) is 0 Å². The van der Waals surface area contributed by atoms with Gasteiger partial charge in [0.1, 0.15) is 0 Å². The van der Waals surface area contributed by atoms with Crippen molar-refractivity contribution in [1.29, 1.82) is 0 Å². The maximum absolute atomic E-state index is 11.5. The molecule has 0 aliphatic heterocycles. The lowest BCUT2D eigenvalue weighted by Gasteiger charge is -2.12. The Labute approximate surface area is 198 Å². The van der Waals surface area contributed by atoms with E-state index in [0.717, 1.165) is 35.1 Å². The van der Waals surface area contributed by atoms with Gasteiger partial charge in [0.2, 0.25) is 0 Å². The van der Waals surface area contributed by atoms with E-state index in [1.165, 1.54) is 11.0 Å². The SMILES string of the molecule is CN=C(NCCNc1nc2ccccc2s1)NCCc1ccc(S(C)(=O)=O)cc1.I. The summed E-state index contributed by atoms with van der Waals surface area (Å²) >= 11 is 1.64. The van der Waals surface area contributed by atoms with Crippen LogP contribution >= 0.6 is 35.3 Å². The molecule has 0 bridgehead atoms. The number of sulfone groups is 1. The van der Waals surface area contributed by atoms with Crippen LogP contribution in [0.5, 0.6) is 0 Å². The lowest BCUT2D eigenvalue weighted by molar-refractivity contribution is 0.602. The number of guanidine groups is 1. The summed E-state index contributed by atoms with van der Waals surface area (Å²) in [5.41, 5.74) is 2.08. The minimum Gasteiger partial charge on any atom is -0.360 e.